The molecule has 2 rings (SSSR count). The highest BCUT2D eigenvalue weighted by Crippen LogP contribution is 2.29. The van der Waals surface area contributed by atoms with Crippen molar-refractivity contribution in [3.63, 3.8) is 0 Å². The van der Waals surface area contributed by atoms with Crippen molar-refractivity contribution in [1.29, 1.82) is 0 Å². The summed E-state index contributed by atoms with van der Waals surface area (Å²) in [5, 5.41) is 27.1. The molecular weight excluding hydrogens is 274 g/mol. The van der Waals surface area contributed by atoms with Crippen LogP contribution in [0.4, 0.5) is 14.5 Å². The van der Waals surface area contributed by atoms with Gasteiger partial charge in [-0.2, -0.15) is 4.39 Å². The van der Waals surface area contributed by atoms with E-state index in [9.17, 15) is 18.9 Å². The van der Waals surface area contributed by atoms with E-state index in [1.165, 1.54) is 4.57 Å². The summed E-state index contributed by atoms with van der Waals surface area (Å²) in [6.45, 7) is 1.56. The van der Waals surface area contributed by atoms with Gasteiger partial charge in [-0.15, -0.1) is 10.2 Å². The number of aliphatic hydroxyl groups excluding tert-OH is 1. The lowest BCUT2D eigenvalue weighted by atomic mass is 10.1. The quantitative estimate of drug-likeness (QED) is 0.680. The first kappa shape index (κ1) is 14.0. The summed E-state index contributed by atoms with van der Waals surface area (Å²) in [4.78, 5) is 9.68. The number of hydrogen-bond donors (Lipinski definition) is 1. The number of rotatable bonds is 4. The van der Waals surface area contributed by atoms with E-state index >= 15 is 0 Å². The maximum Gasteiger partial charge on any atom is 0.308 e. The van der Waals surface area contributed by atoms with Gasteiger partial charge in [-0.25, -0.2) is 4.39 Å². The second-order valence-corrected chi connectivity index (χ2v) is 3.89. The zero-order chi connectivity index (χ0) is 14.9. The van der Waals surface area contributed by atoms with E-state index < -0.39 is 28.9 Å². The zero-order valence-electron chi connectivity index (χ0n) is 10.4. The third-order valence-corrected chi connectivity index (χ3v) is 2.74. The van der Waals surface area contributed by atoms with E-state index in [4.69, 9.17) is 5.11 Å². The van der Waals surface area contributed by atoms with E-state index in [0.717, 1.165) is 6.07 Å². The second-order valence-electron chi connectivity index (χ2n) is 3.89. The Hall–Kier alpha value is -2.42. The molecule has 0 aliphatic heterocycles. The summed E-state index contributed by atoms with van der Waals surface area (Å²) in [7, 11) is 0. The summed E-state index contributed by atoms with van der Waals surface area (Å²) >= 11 is 0. The molecule has 1 aromatic carbocycles. The van der Waals surface area contributed by atoms with Crippen molar-refractivity contribution < 1.29 is 18.8 Å². The summed E-state index contributed by atoms with van der Waals surface area (Å²) in [6.07, 6.45) is 0. The second kappa shape index (κ2) is 5.29. The molecule has 2 aromatic rings. The number of nitro groups is 1. The Morgan fingerprint density at radius 2 is 2.10 bits per heavy atom. The molecule has 0 atom stereocenters. The Bertz CT molecular complexity index is 672. The van der Waals surface area contributed by atoms with E-state index in [-0.39, 0.29) is 17.2 Å². The topological polar surface area (TPSA) is 94.1 Å². The van der Waals surface area contributed by atoms with Crippen LogP contribution in [-0.4, -0.2) is 24.8 Å². The minimum Gasteiger partial charge on any atom is -0.388 e. The van der Waals surface area contributed by atoms with Gasteiger partial charge in [0, 0.05) is 6.54 Å². The smallest absolute Gasteiger partial charge is 0.308 e. The number of aromatic nitrogens is 3. The van der Waals surface area contributed by atoms with Crippen LogP contribution in [0.5, 0.6) is 0 Å². The maximum absolute atomic E-state index is 14.1. The Morgan fingerprint density at radius 1 is 1.40 bits per heavy atom. The number of nitro benzene ring substituents is 1. The summed E-state index contributed by atoms with van der Waals surface area (Å²) < 4.78 is 28.8. The van der Waals surface area contributed by atoms with Crippen molar-refractivity contribution in [2.24, 2.45) is 0 Å². The molecule has 1 heterocycles. The molecule has 9 heteroatoms. The highest BCUT2D eigenvalue weighted by Gasteiger charge is 2.24. The Kier molecular flexibility index (Phi) is 3.70. The number of halogens is 2. The van der Waals surface area contributed by atoms with Crippen molar-refractivity contribution in [2.45, 2.75) is 20.1 Å². The summed E-state index contributed by atoms with van der Waals surface area (Å²) in [5.74, 6) is -2.06. The lowest BCUT2D eigenvalue weighted by molar-refractivity contribution is -0.387. The van der Waals surface area contributed by atoms with Crippen molar-refractivity contribution in [2.75, 3.05) is 0 Å². The van der Waals surface area contributed by atoms with Gasteiger partial charge in [-0.3, -0.25) is 10.1 Å². The van der Waals surface area contributed by atoms with Gasteiger partial charge in [0.25, 0.3) is 0 Å². The molecule has 0 radical (unpaired) electrons. The van der Waals surface area contributed by atoms with Crippen molar-refractivity contribution in [3.05, 3.63) is 39.7 Å². The third-order valence-electron chi connectivity index (χ3n) is 2.74. The molecule has 20 heavy (non-hydrogen) atoms. The van der Waals surface area contributed by atoms with Gasteiger partial charge in [0.1, 0.15) is 12.4 Å². The average molecular weight is 284 g/mol. The van der Waals surface area contributed by atoms with Gasteiger partial charge in [-0.05, 0) is 13.0 Å². The minimum atomic E-state index is -1.19. The molecule has 0 spiro atoms. The Balaban J connectivity index is 2.70. The van der Waals surface area contributed by atoms with E-state index in [0.29, 0.717) is 12.6 Å². The molecule has 0 fully saturated rings. The molecule has 0 saturated carbocycles. The predicted molar refractivity (Wildman–Crippen MR) is 63.6 cm³/mol. The van der Waals surface area contributed by atoms with E-state index in [1.54, 1.807) is 6.92 Å². The first-order chi connectivity index (χ1) is 9.49. The molecule has 0 aliphatic rings. The van der Waals surface area contributed by atoms with Gasteiger partial charge in [0.2, 0.25) is 5.82 Å². The molecule has 0 bridgehead atoms. The minimum absolute atomic E-state index is 0.0725. The fraction of sp³-hybridized carbons (Fsp3) is 0.273. The van der Waals surface area contributed by atoms with Crippen LogP contribution in [0, 0.1) is 21.7 Å². The number of benzene rings is 1. The molecule has 0 saturated heterocycles. The van der Waals surface area contributed by atoms with E-state index in [1.807, 2.05) is 0 Å². The van der Waals surface area contributed by atoms with Gasteiger partial charge in [-0.1, -0.05) is 0 Å². The molecule has 0 amide bonds. The van der Waals surface area contributed by atoms with Gasteiger partial charge < -0.3 is 9.67 Å². The summed E-state index contributed by atoms with van der Waals surface area (Å²) in [6, 6.07) is 1.30. The fourth-order valence-electron chi connectivity index (χ4n) is 1.85. The first-order valence-electron chi connectivity index (χ1n) is 5.66. The SMILES string of the molecule is CCn1c(CO)nnc1-c1cc(F)cc([N+](=O)[O-])c1F. The van der Waals surface area contributed by atoms with Crippen LogP contribution >= 0.6 is 0 Å². The third kappa shape index (κ3) is 2.23. The van der Waals surface area contributed by atoms with Crippen LogP contribution in [0.3, 0.4) is 0 Å². The van der Waals surface area contributed by atoms with Gasteiger partial charge >= 0.3 is 5.69 Å². The lowest BCUT2D eigenvalue weighted by Crippen LogP contribution is -2.05. The number of hydrogen-bond acceptors (Lipinski definition) is 5. The number of aliphatic hydroxyl groups is 1. The van der Waals surface area contributed by atoms with Gasteiger partial charge in [0.15, 0.2) is 11.6 Å². The molecule has 0 unspecified atom stereocenters. The zero-order valence-corrected chi connectivity index (χ0v) is 10.4. The highest BCUT2D eigenvalue weighted by atomic mass is 19.1. The average Bonchev–Trinajstić information content (AvgIpc) is 2.83. The highest BCUT2D eigenvalue weighted by molar-refractivity contribution is 5.61. The fourth-order valence-corrected chi connectivity index (χ4v) is 1.85. The molecule has 1 aromatic heterocycles. The maximum atomic E-state index is 14.1. The molecule has 106 valence electrons. The Labute approximate surface area is 111 Å². The Morgan fingerprint density at radius 3 is 2.65 bits per heavy atom. The first-order valence-corrected chi connectivity index (χ1v) is 5.66. The van der Waals surface area contributed by atoms with Gasteiger partial charge in [0.05, 0.1) is 16.6 Å². The summed E-state index contributed by atoms with van der Waals surface area (Å²) in [5.41, 5.74) is -1.35. The molecular formula is C11H10F2N4O3. The normalized spacial score (nSPS) is 10.8. The molecule has 7 nitrogen and oxygen atoms in total. The van der Waals surface area contributed by atoms with Crippen molar-refractivity contribution in [1.82, 2.24) is 14.8 Å². The monoisotopic (exact) mass is 284 g/mol. The lowest BCUT2D eigenvalue weighted by Gasteiger charge is -2.07. The van der Waals surface area contributed by atoms with Crippen LogP contribution in [-0.2, 0) is 13.2 Å². The predicted octanol–water partition coefficient (Wildman–Crippen LogP) is 1.64. The van der Waals surface area contributed by atoms with Crippen LogP contribution in [0.25, 0.3) is 11.4 Å². The van der Waals surface area contributed by atoms with Crippen LogP contribution in [0.1, 0.15) is 12.7 Å². The molecule has 0 aliphatic carbocycles. The molecule has 1 N–H and O–H groups in total. The van der Waals surface area contributed by atoms with Crippen molar-refractivity contribution in [3.8, 4) is 11.4 Å². The van der Waals surface area contributed by atoms with Crippen LogP contribution < -0.4 is 0 Å². The standard InChI is InChI=1S/C11H10F2N4O3/c1-2-16-9(5-18)14-15-11(16)7-3-6(12)4-8(10(7)13)17(19)20/h3-4,18H,2,5H2,1H3. The van der Waals surface area contributed by atoms with Crippen LogP contribution in [0.15, 0.2) is 12.1 Å². The van der Waals surface area contributed by atoms with Crippen LogP contribution in [0.2, 0.25) is 0 Å². The van der Waals surface area contributed by atoms with E-state index in [2.05, 4.69) is 10.2 Å². The number of nitrogens with zero attached hydrogens (tertiary/aromatic N) is 4. The van der Waals surface area contributed by atoms with Crippen molar-refractivity contribution >= 4 is 5.69 Å². The largest absolute Gasteiger partial charge is 0.388 e.